The van der Waals surface area contributed by atoms with Crippen molar-refractivity contribution in [2.75, 3.05) is 30.8 Å². The number of anilines is 1. The number of benzene rings is 2. The van der Waals surface area contributed by atoms with Gasteiger partial charge in [0.25, 0.3) is 0 Å². The predicted molar refractivity (Wildman–Crippen MR) is 144 cm³/mol. The minimum absolute atomic E-state index is 0.0113. The summed E-state index contributed by atoms with van der Waals surface area (Å²) in [6, 6.07) is 16.0. The number of rotatable bonds is 14. The Kier molecular flexibility index (Phi) is 11.2. The van der Waals surface area contributed by atoms with Crippen LogP contribution in [0, 0.1) is 0 Å². The second kappa shape index (κ2) is 13.9. The third-order valence-electron chi connectivity index (χ3n) is 6.15. The molecular weight excluding hydrogens is 478 g/mol. The summed E-state index contributed by atoms with van der Waals surface area (Å²) >= 11 is 0. The minimum Gasteiger partial charge on any atom is -0.497 e. The molecular formula is C27H39N3O5S. The Hall–Kier alpha value is -3.07. The fourth-order valence-corrected chi connectivity index (χ4v) is 4.76. The van der Waals surface area contributed by atoms with Gasteiger partial charge < -0.3 is 15.0 Å². The molecule has 8 nitrogen and oxygen atoms in total. The highest BCUT2D eigenvalue weighted by molar-refractivity contribution is 7.92. The van der Waals surface area contributed by atoms with Crippen LogP contribution in [0.25, 0.3) is 0 Å². The van der Waals surface area contributed by atoms with E-state index in [0.717, 1.165) is 18.2 Å². The summed E-state index contributed by atoms with van der Waals surface area (Å²) in [7, 11) is -2.05. The summed E-state index contributed by atoms with van der Waals surface area (Å²) in [6.45, 7) is 6.18. The van der Waals surface area contributed by atoms with Crippen molar-refractivity contribution in [1.29, 1.82) is 0 Å². The van der Waals surface area contributed by atoms with E-state index in [1.54, 1.807) is 36.1 Å². The van der Waals surface area contributed by atoms with Crippen LogP contribution in [-0.2, 0) is 26.0 Å². The zero-order valence-corrected chi connectivity index (χ0v) is 22.8. The van der Waals surface area contributed by atoms with Gasteiger partial charge in [-0.2, -0.15) is 0 Å². The molecule has 0 aliphatic heterocycles. The zero-order chi connectivity index (χ0) is 26.7. The standard InChI is InChI=1S/C27H39N3O5S/c1-6-21(2)28-27(32)22(3)29(19-17-23-12-8-7-9-13-23)26(31)16-11-18-30(36(5,33)34)24-14-10-15-25(20-24)35-4/h7-10,12-15,20-22H,6,11,16-19H2,1-5H3,(H,28,32)/t21-,22-/m0/s1. The molecule has 0 spiro atoms. The van der Waals surface area contributed by atoms with Gasteiger partial charge in [-0.05, 0) is 50.8 Å². The summed E-state index contributed by atoms with van der Waals surface area (Å²) in [4.78, 5) is 27.7. The van der Waals surface area contributed by atoms with E-state index in [4.69, 9.17) is 4.74 Å². The van der Waals surface area contributed by atoms with Gasteiger partial charge in [-0.15, -0.1) is 0 Å². The first-order valence-corrected chi connectivity index (χ1v) is 14.2. The number of carbonyl (C=O) groups is 2. The molecule has 0 radical (unpaired) electrons. The monoisotopic (exact) mass is 517 g/mol. The second-order valence-electron chi connectivity index (χ2n) is 8.96. The molecule has 36 heavy (non-hydrogen) atoms. The molecule has 1 N–H and O–H groups in total. The third-order valence-corrected chi connectivity index (χ3v) is 7.34. The van der Waals surface area contributed by atoms with Crippen molar-refractivity contribution in [3.8, 4) is 5.75 Å². The summed E-state index contributed by atoms with van der Waals surface area (Å²) in [6.07, 6.45) is 2.98. The Morgan fingerprint density at radius 3 is 2.33 bits per heavy atom. The maximum absolute atomic E-state index is 13.3. The molecule has 2 rings (SSSR count). The fraction of sp³-hybridized carbons (Fsp3) is 0.481. The average Bonchev–Trinajstić information content (AvgIpc) is 2.86. The largest absolute Gasteiger partial charge is 0.497 e. The molecule has 0 aliphatic rings. The number of nitrogens with one attached hydrogen (secondary N) is 1. The maximum atomic E-state index is 13.3. The first-order valence-electron chi connectivity index (χ1n) is 12.3. The van der Waals surface area contributed by atoms with Crippen LogP contribution in [0.1, 0.15) is 45.6 Å². The van der Waals surface area contributed by atoms with Crippen LogP contribution in [-0.4, -0.2) is 63.7 Å². The lowest BCUT2D eigenvalue weighted by Crippen LogP contribution is -2.50. The average molecular weight is 518 g/mol. The van der Waals surface area contributed by atoms with Crippen LogP contribution in [0.4, 0.5) is 5.69 Å². The number of nitrogens with zero attached hydrogens (tertiary/aromatic N) is 2. The Bertz CT molecular complexity index is 1090. The molecule has 9 heteroatoms. The van der Waals surface area contributed by atoms with Crippen LogP contribution in [0.5, 0.6) is 5.75 Å². The van der Waals surface area contributed by atoms with Crippen molar-refractivity contribution in [2.45, 2.75) is 58.5 Å². The first-order chi connectivity index (χ1) is 17.1. The van der Waals surface area contributed by atoms with Gasteiger partial charge in [-0.3, -0.25) is 13.9 Å². The van der Waals surface area contributed by atoms with E-state index >= 15 is 0 Å². The van der Waals surface area contributed by atoms with Gasteiger partial charge in [-0.25, -0.2) is 8.42 Å². The van der Waals surface area contributed by atoms with Crippen LogP contribution >= 0.6 is 0 Å². The maximum Gasteiger partial charge on any atom is 0.242 e. The van der Waals surface area contributed by atoms with E-state index in [1.807, 2.05) is 44.2 Å². The summed E-state index contributed by atoms with van der Waals surface area (Å²) < 4.78 is 31.4. The Morgan fingerprint density at radius 1 is 1.03 bits per heavy atom. The van der Waals surface area contributed by atoms with E-state index in [-0.39, 0.29) is 30.8 Å². The smallest absolute Gasteiger partial charge is 0.242 e. The molecule has 0 heterocycles. The van der Waals surface area contributed by atoms with Crippen molar-refractivity contribution >= 4 is 27.5 Å². The second-order valence-corrected chi connectivity index (χ2v) is 10.9. The van der Waals surface area contributed by atoms with Crippen molar-refractivity contribution < 1.29 is 22.7 Å². The molecule has 0 saturated carbocycles. The van der Waals surface area contributed by atoms with Crippen LogP contribution < -0.4 is 14.4 Å². The molecule has 0 aliphatic carbocycles. The van der Waals surface area contributed by atoms with Crippen molar-refractivity contribution in [1.82, 2.24) is 10.2 Å². The molecule has 0 aromatic heterocycles. The van der Waals surface area contributed by atoms with Crippen molar-refractivity contribution in [3.05, 3.63) is 60.2 Å². The highest BCUT2D eigenvalue weighted by Crippen LogP contribution is 2.23. The lowest BCUT2D eigenvalue weighted by atomic mass is 10.1. The van der Waals surface area contributed by atoms with Gasteiger partial charge in [0, 0.05) is 31.6 Å². The molecule has 0 bridgehead atoms. The van der Waals surface area contributed by atoms with Crippen LogP contribution in [0.3, 0.4) is 0 Å². The molecule has 0 fully saturated rings. The fourth-order valence-electron chi connectivity index (χ4n) is 3.81. The number of amides is 2. The van der Waals surface area contributed by atoms with Crippen molar-refractivity contribution in [2.24, 2.45) is 0 Å². The molecule has 2 amide bonds. The van der Waals surface area contributed by atoms with E-state index in [0.29, 0.717) is 30.8 Å². The van der Waals surface area contributed by atoms with Gasteiger partial charge in [0.2, 0.25) is 21.8 Å². The minimum atomic E-state index is -3.56. The summed E-state index contributed by atoms with van der Waals surface area (Å²) in [5, 5.41) is 2.96. The normalized spacial score (nSPS) is 12.9. The lowest BCUT2D eigenvalue weighted by molar-refractivity contribution is -0.140. The highest BCUT2D eigenvalue weighted by atomic mass is 32.2. The van der Waals surface area contributed by atoms with Crippen LogP contribution in [0.15, 0.2) is 54.6 Å². The molecule has 0 unspecified atom stereocenters. The number of ether oxygens (including phenoxy) is 1. The summed E-state index contributed by atoms with van der Waals surface area (Å²) in [5.41, 5.74) is 1.55. The van der Waals surface area contributed by atoms with Crippen LogP contribution in [0.2, 0.25) is 0 Å². The number of methoxy groups -OCH3 is 1. The molecule has 198 valence electrons. The van der Waals surface area contributed by atoms with Gasteiger partial charge >= 0.3 is 0 Å². The first kappa shape index (κ1) is 29.2. The van der Waals surface area contributed by atoms with E-state index in [1.165, 1.54) is 11.4 Å². The third kappa shape index (κ3) is 8.86. The molecule has 2 aromatic rings. The van der Waals surface area contributed by atoms with Gasteiger partial charge in [0.05, 0.1) is 19.1 Å². The number of hydrogen-bond acceptors (Lipinski definition) is 5. The lowest BCUT2D eigenvalue weighted by Gasteiger charge is -2.30. The van der Waals surface area contributed by atoms with Gasteiger partial charge in [0.1, 0.15) is 11.8 Å². The molecule has 2 aromatic carbocycles. The van der Waals surface area contributed by atoms with Crippen molar-refractivity contribution in [3.63, 3.8) is 0 Å². The van der Waals surface area contributed by atoms with E-state index in [9.17, 15) is 18.0 Å². The predicted octanol–water partition coefficient (Wildman–Crippen LogP) is 3.62. The van der Waals surface area contributed by atoms with E-state index < -0.39 is 16.1 Å². The Labute approximate surface area is 215 Å². The Balaban J connectivity index is 2.12. The SMILES string of the molecule is CC[C@H](C)NC(=O)[C@H](C)N(CCc1ccccc1)C(=O)CCCN(c1cccc(OC)c1)S(C)(=O)=O. The number of carbonyl (C=O) groups excluding carboxylic acids is 2. The number of sulfonamides is 1. The topological polar surface area (TPSA) is 96.0 Å². The molecule has 2 atom stereocenters. The zero-order valence-electron chi connectivity index (χ0n) is 21.9. The van der Waals surface area contributed by atoms with Gasteiger partial charge in [-0.1, -0.05) is 43.3 Å². The Morgan fingerprint density at radius 2 is 1.72 bits per heavy atom. The van der Waals surface area contributed by atoms with E-state index in [2.05, 4.69) is 5.32 Å². The molecule has 0 saturated heterocycles. The quantitative estimate of drug-likeness (QED) is 0.413. The summed E-state index contributed by atoms with van der Waals surface area (Å²) in [5.74, 6) is 0.169. The number of hydrogen-bond donors (Lipinski definition) is 1. The highest BCUT2D eigenvalue weighted by Gasteiger charge is 2.27. The van der Waals surface area contributed by atoms with Gasteiger partial charge in [0.15, 0.2) is 0 Å².